The van der Waals surface area contributed by atoms with E-state index < -0.39 is 0 Å². The zero-order valence-corrected chi connectivity index (χ0v) is 11.1. The van der Waals surface area contributed by atoms with Gasteiger partial charge in [0.15, 0.2) is 0 Å². The summed E-state index contributed by atoms with van der Waals surface area (Å²) in [6.45, 7) is 4.05. The normalized spacial score (nSPS) is 19.5. The van der Waals surface area contributed by atoms with Crippen LogP contribution in [-0.2, 0) is 0 Å². The standard InChI is InChI=1S/C15H19N3O/c1-11-9-17-15(19)18(11)14-7-3-2-6-13(14)12-5-4-8-16-10-12/h2-3,6-7,9,12,16H,4-5,8,10H2,1H3,(H,17,19). The van der Waals surface area contributed by atoms with Gasteiger partial charge in [-0.2, -0.15) is 0 Å². The summed E-state index contributed by atoms with van der Waals surface area (Å²) in [5, 5.41) is 3.44. The Morgan fingerprint density at radius 2 is 2.16 bits per heavy atom. The van der Waals surface area contributed by atoms with E-state index >= 15 is 0 Å². The minimum absolute atomic E-state index is 0.0614. The summed E-state index contributed by atoms with van der Waals surface area (Å²) in [7, 11) is 0. The van der Waals surface area contributed by atoms with Crippen molar-refractivity contribution in [2.45, 2.75) is 25.7 Å². The van der Waals surface area contributed by atoms with Crippen molar-refractivity contribution in [2.24, 2.45) is 0 Å². The number of rotatable bonds is 2. The quantitative estimate of drug-likeness (QED) is 0.864. The first-order valence-corrected chi connectivity index (χ1v) is 6.84. The van der Waals surface area contributed by atoms with Gasteiger partial charge in [-0.05, 0) is 43.9 Å². The number of para-hydroxylation sites is 1. The summed E-state index contributed by atoms with van der Waals surface area (Å²) in [5.74, 6) is 0.492. The lowest BCUT2D eigenvalue weighted by molar-refractivity contribution is 0.460. The molecule has 1 fully saturated rings. The van der Waals surface area contributed by atoms with E-state index in [1.165, 1.54) is 18.4 Å². The Balaban J connectivity index is 2.09. The molecule has 2 N–H and O–H groups in total. The Kier molecular flexibility index (Phi) is 3.25. The van der Waals surface area contributed by atoms with Gasteiger partial charge < -0.3 is 10.3 Å². The van der Waals surface area contributed by atoms with Gasteiger partial charge in [0.05, 0.1) is 5.69 Å². The summed E-state index contributed by atoms with van der Waals surface area (Å²) < 4.78 is 1.77. The summed E-state index contributed by atoms with van der Waals surface area (Å²) in [6.07, 6.45) is 4.14. The van der Waals surface area contributed by atoms with Crippen LogP contribution in [0.15, 0.2) is 35.3 Å². The molecule has 1 aromatic carbocycles. The van der Waals surface area contributed by atoms with Gasteiger partial charge >= 0.3 is 5.69 Å². The monoisotopic (exact) mass is 257 g/mol. The molecule has 0 saturated carbocycles. The molecule has 1 saturated heterocycles. The van der Waals surface area contributed by atoms with E-state index in [2.05, 4.69) is 22.4 Å². The summed E-state index contributed by atoms with van der Waals surface area (Å²) in [5.41, 5.74) is 3.16. The molecule has 0 bridgehead atoms. The summed E-state index contributed by atoms with van der Waals surface area (Å²) >= 11 is 0. The van der Waals surface area contributed by atoms with Crippen LogP contribution in [0.4, 0.5) is 0 Å². The van der Waals surface area contributed by atoms with Crippen molar-refractivity contribution in [3.05, 3.63) is 52.2 Å². The van der Waals surface area contributed by atoms with Crippen molar-refractivity contribution in [1.82, 2.24) is 14.9 Å². The number of nitrogens with one attached hydrogen (secondary N) is 2. The number of benzene rings is 1. The number of imidazole rings is 1. The third-order valence-electron chi connectivity index (χ3n) is 3.87. The molecule has 1 aromatic heterocycles. The maximum Gasteiger partial charge on any atom is 0.330 e. The SMILES string of the molecule is Cc1c[nH]c(=O)n1-c1ccccc1C1CCCNC1. The van der Waals surface area contributed by atoms with E-state index in [4.69, 9.17) is 0 Å². The van der Waals surface area contributed by atoms with E-state index in [0.717, 1.165) is 24.5 Å². The molecule has 3 rings (SSSR count). The van der Waals surface area contributed by atoms with Gasteiger partial charge in [0.1, 0.15) is 0 Å². The molecule has 0 radical (unpaired) electrons. The topological polar surface area (TPSA) is 49.8 Å². The van der Waals surface area contributed by atoms with Crippen LogP contribution in [0.3, 0.4) is 0 Å². The number of aromatic amines is 1. The zero-order valence-electron chi connectivity index (χ0n) is 11.1. The number of H-pyrrole nitrogens is 1. The number of piperidine rings is 1. The van der Waals surface area contributed by atoms with Crippen LogP contribution in [-0.4, -0.2) is 22.6 Å². The largest absolute Gasteiger partial charge is 0.330 e. The zero-order chi connectivity index (χ0) is 13.2. The van der Waals surface area contributed by atoms with Crippen molar-refractivity contribution < 1.29 is 0 Å². The molecule has 2 heterocycles. The van der Waals surface area contributed by atoms with Crippen molar-refractivity contribution in [2.75, 3.05) is 13.1 Å². The first kappa shape index (κ1) is 12.2. The van der Waals surface area contributed by atoms with Crippen LogP contribution in [0.5, 0.6) is 0 Å². The predicted octanol–water partition coefficient (Wildman–Crippen LogP) is 1.94. The van der Waals surface area contributed by atoms with Crippen LogP contribution < -0.4 is 11.0 Å². The molecular formula is C15H19N3O. The second-order valence-corrected chi connectivity index (χ2v) is 5.17. The van der Waals surface area contributed by atoms with Gasteiger partial charge in [-0.1, -0.05) is 18.2 Å². The average molecular weight is 257 g/mol. The number of hydrogen-bond donors (Lipinski definition) is 2. The molecular weight excluding hydrogens is 238 g/mol. The van der Waals surface area contributed by atoms with Gasteiger partial charge in [-0.15, -0.1) is 0 Å². The summed E-state index contributed by atoms with van der Waals surface area (Å²) in [4.78, 5) is 14.7. The Bertz CT molecular complexity index is 620. The fraction of sp³-hybridized carbons (Fsp3) is 0.400. The van der Waals surface area contributed by atoms with Gasteiger partial charge in [-0.3, -0.25) is 4.57 Å². The smallest absolute Gasteiger partial charge is 0.316 e. The summed E-state index contributed by atoms with van der Waals surface area (Å²) in [6, 6.07) is 8.23. The molecule has 0 aliphatic carbocycles. The molecule has 1 unspecified atom stereocenters. The van der Waals surface area contributed by atoms with Crippen LogP contribution >= 0.6 is 0 Å². The molecule has 4 nitrogen and oxygen atoms in total. The van der Waals surface area contributed by atoms with Gasteiger partial charge in [0.25, 0.3) is 0 Å². The fourth-order valence-electron chi connectivity index (χ4n) is 2.91. The van der Waals surface area contributed by atoms with Gasteiger partial charge in [0, 0.05) is 18.4 Å². The highest BCUT2D eigenvalue weighted by Gasteiger charge is 2.19. The number of aromatic nitrogens is 2. The highest BCUT2D eigenvalue weighted by Crippen LogP contribution is 2.28. The Morgan fingerprint density at radius 1 is 1.32 bits per heavy atom. The van der Waals surface area contributed by atoms with Crippen LogP contribution in [0.1, 0.15) is 30.0 Å². The Labute approximate surface area is 112 Å². The van der Waals surface area contributed by atoms with Crippen molar-refractivity contribution in [3.63, 3.8) is 0 Å². The fourth-order valence-corrected chi connectivity index (χ4v) is 2.91. The number of hydrogen-bond acceptors (Lipinski definition) is 2. The van der Waals surface area contributed by atoms with Crippen molar-refractivity contribution in [3.8, 4) is 5.69 Å². The molecule has 1 atom stereocenters. The van der Waals surface area contributed by atoms with E-state index in [0.29, 0.717) is 5.92 Å². The third kappa shape index (κ3) is 2.24. The van der Waals surface area contributed by atoms with Gasteiger partial charge in [-0.25, -0.2) is 4.79 Å². The van der Waals surface area contributed by atoms with E-state index in [9.17, 15) is 4.79 Å². The minimum atomic E-state index is -0.0614. The van der Waals surface area contributed by atoms with Crippen LogP contribution in [0.2, 0.25) is 0 Å². The molecule has 19 heavy (non-hydrogen) atoms. The van der Waals surface area contributed by atoms with E-state index in [1.807, 2.05) is 19.1 Å². The highest BCUT2D eigenvalue weighted by atomic mass is 16.1. The number of aryl methyl sites for hydroxylation is 1. The maximum absolute atomic E-state index is 12.0. The van der Waals surface area contributed by atoms with Crippen LogP contribution in [0.25, 0.3) is 5.69 Å². The van der Waals surface area contributed by atoms with Gasteiger partial charge in [0.2, 0.25) is 0 Å². The third-order valence-corrected chi connectivity index (χ3v) is 3.87. The van der Waals surface area contributed by atoms with Crippen molar-refractivity contribution in [1.29, 1.82) is 0 Å². The maximum atomic E-state index is 12.0. The second kappa shape index (κ2) is 5.05. The molecule has 2 aromatic rings. The lowest BCUT2D eigenvalue weighted by Crippen LogP contribution is -2.29. The molecule has 100 valence electrons. The second-order valence-electron chi connectivity index (χ2n) is 5.17. The lowest BCUT2D eigenvalue weighted by Gasteiger charge is -2.25. The predicted molar refractivity (Wildman–Crippen MR) is 76.0 cm³/mol. The van der Waals surface area contributed by atoms with E-state index in [-0.39, 0.29) is 5.69 Å². The lowest BCUT2D eigenvalue weighted by atomic mass is 9.90. The minimum Gasteiger partial charge on any atom is -0.316 e. The Hall–Kier alpha value is -1.81. The molecule has 1 aliphatic heterocycles. The highest BCUT2D eigenvalue weighted by molar-refractivity contribution is 5.44. The molecule has 0 spiro atoms. The average Bonchev–Trinajstić information content (AvgIpc) is 2.79. The molecule has 4 heteroatoms. The Morgan fingerprint density at radius 3 is 2.84 bits per heavy atom. The first-order chi connectivity index (χ1) is 9.27. The first-order valence-electron chi connectivity index (χ1n) is 6.84. The number of nitrogens with zero attached hydrogens (tertiary/aromatic N) is 1. The van der Waals surface area contributed by atoms with Crippen molar-refractivity contribution >= 4 is 0 Å². The molecule has 0 amide bonds. The molecule has 1 aliphatic rings. The van der Waals surface area contributed by atoms with Crippen LogP contribution in [0, 0.1) is 6.92 Å². The van der Waals surface area contributed by atoms with E-state index in [1.54, 1.807) is 10.8 Å².